The van der Waals surface area contributed by atoms with Crippen LogP contribution in [0.15, 0.2) is 76.6 Å². The number of allylic oxidation sites excluding steroid dienone is 5. The van der Waals surface area contributed by atoms with Crippen LogP contribution in [0.3, 0.4) is 0 Å². The van der Waals surface area contributed by atoms with Crippen LogP contribution in [0.5, 0.6) is 0 Å². The number of hydrogen-bond donors (Lipinski definition) is 2. The molecule has 1 aromatic rings. The van der Waals surface area contributed by atoms with Gasteiger partial charge in [-0.15, -0.1) is 0 Å². The summed E-state index contributed by atoms with van der Waals surface area (Å²) in [6.07, 6.45) is 23.4. The summed E-state index contributed by atoms with van der Waals surface area (Å²) in [7, 11) is 0. The second-order valence-electron chi connectivity index (χ2n) is 14.0. The molecule has 1 aromatic carbocycles. The van der Waals surface area contributed by atoms with Crippen LogP contribution in [-0.2, 0) is 0 Å². The fourth-order valence-electron chi connectivity index (χ4n) is 9.92. The predicted molar refractivity (Wildman–Crippen MR) is 165 cm³/mol. The number of piperidine rings is 1. The molecule has 1 unspecified atom stereocenters. The molecule has 6 heterocycles. The monoisotopic (exact) mass is 566 g/mol. The number of fused-ring (bicyclic) bond motifs is 4. The van der Waals surface area contributed by atoms with Crippen molar-refractivity contribution in [1.29, 1.82) is 0 Å². The van der Waals surface area contributed by atoms with Gasteiger partial charge < -0.3 is 10.0 Å². The normalized spacial score (nSPS) is 39.7. The Labute approximate surface area is 250 Å². The van der Waals surface area contributed by atoms with Crippen molar-refractivity contribution in [3.8, 4) is 0 Å². The van der Waals surface area contributed by atoms with Gasteiger partial charge in [-0.2, -0.15) is 0 Å². The van der Waals surface area contributed by atoms with Gasteiger partial charge in [0.1, 0.15) is 0 Å². The number of nitrogens with zero attached hydrogens (tertiary/aromatic N) is 4. The number of benzene rings is 1. The smallest absolute Gasteiger partial charge is 0.0998 e. The molecule has 7 aliphatic rings. The summed E-state index contributed by atoms with van der Waals surface area (Å²) in [5, 5.41) is 28.4. The SMILES string of the molecule is ON1CCC2=c3ccccc3=NC2=C1C1=C[C@@]2(O)CC/C=C\CCCCN3CC[C@@H]1[C@]1(C[C@@H]4/C=C\CCCCN4[C@H]12)C3. The second kappa shape index (κ2) is 10.6. The van der Waals surface area contributed by atoms with E-state index in [1.807, 2.05) is 0 Å². The molecule has 42 heavy (non-hydrogen) atoms. The summed E-state index contributed by atoms with van der Waals surface area (Å²) in [5.74, 6) is 0.275. The molecule has 6 heteroatoms. The summed E-state index contributed by atoms with van der Waals surface area (Å²) in [6, 6.07) is 8.85. The zero-order valence-corrected chi connectivity index (χ0v) is 24.9. The number of rotatable bonds is 1. The Kier molecular flexibility index (Phi) is 6.82. The molecule has 1 aliphatic carbocycles. The maximum atomic E-state index is 13.1. The largest absolute Gasteiger partial charge is 0.384 e. The Hall–Kier alpha value is -2.51. The first kappa shape index (κ1) is 27.1. The third-order valence-corrected chi connectivity index (χ3v) is 11.5. The number of aliphatic hydroxyl groups is 1. The molecule has 2 fully saturated rings. The first-order chi connectivity index (χ1) is 20.6. The zero-order valence-electron chi connectivity index (χ0n) is 24.9. The highest BCUT2D eigenvalue weighted by molar-refractivity contribution is 5.71. The minimum atomic E-state index is -0.980. The molecule has 0 aromatic heterocycles. The highest BCUT2D eigenvalue weighted by atomic mass is 16.5. The molecule has 6 atom stereocenters. The van der Waals surface area contributed by atoms with Gasteiger partial charge in [-0.05, 0) is 119 Å². The first-order valence-electron chi connectivity index (χ1n) is 16.7. The van der Waals surface area contributed by atoms with Gasteiger partial charge in [0.2, 0.25) is 0 Å². The minimum absolute atomic E-state index is 0.0750. The van der Waals surface area contributed by atoms with Gasteiger partial charge in [0.05, 0.1) is 28.4 Å². The molecular weight excluding hydrogens is 520 g/mol. The molecule has 2 N–H and O–H groups in total. The first-order valence-corrected chi connectivity index (χ1v) is 16.7. The van der Waals surface area contributed by atoms with Crippen molar-refractivity contribution in [2.75, 3.05) is 32.7 Å². The molecule has 6 nitrogen and oxygen atoms in total. The Bertz CT molecular complexity index is 1490. The topological polar surface area (TPSA) is 62.5 Å². The van der Waals surface area contributed by atoms with E-state index >= 15 is 0 Å². The van der Waals surface area contributed by atoms with Crippen LogP contribution in [0, 0.1) is 11.3 Å². The van der Waals surface area contributed by atoms with Gasteiger partial charge >= 0.3 is 0 Å². The summed E-state index contributed by atoms with van der Waals surface area (Å²) >= 11 is 0. The molecule has 222 valence electrons. The Morgan fingerprint density at radius 3 is 2.67 bits per heavy atom. The molecule has 3 bridgehead atoms. The van der Waals surface area contributed by atoms with Crippen LogP contribution in [0.1, 0.15) is 70.6 Å². The van der Waals surface area contributed by atoms with E-state index in [9.17, 15) is 10.3 Å². The quantitative estimate of drug-likeness (QED) is 0.492. The number of hydroxylamine groups is 2. The molecule has 6 aliphatic heterocycles. The molecule has 1 spiro atoms. The van der Waals surface area contributed by atoms with Gasteiger partial charge in [0.25, 0.3) is 0 Å². The third-order valence-electron chi connectivity index (χ3n) is 11.5. The van der Waals surface area contributed by atoms with E-state index in [2.05, 4.69) is 64.4 Å². The third kappa shape index (κ3) is 4.24. The van der Waals surface area contributed by atoms with Gasteiger partial charge in [0.15, 0.2) is 0 Å². The van der Waals surface area contributed by atoms with Crippen molar-refractivity contribution in [3.05, 3.63) is 82.2 Å². The Balaban J connectivity index is 1.34. The lowest BCUT2D eigenvalue weighted by Gasteiger charge is -2.58. The van der Waals surface area contributed by atoms with E-state index in [1.165, 1.54) is 41.5 Å². The second-order valence-corrected chi connectivity index (χ2v) is 14.0. The van der Waals surface area contributed by atoms with Gasteiger partial charge in [0, 0.05) is 29.8 Å². The molecule has 2 saturated heterocycles. The fraction of sp³-hybridized carbons (Fsp3) is 0.583. The average molecular weight is 567 g/mol. The average Bonchev–Trinajstić information content (AvgIpc) is 3.49. The van der Waals surface area contributed by atoms with Crippen LogP contribution in [0.4, 0.5) is 0 Å². The Morgan fingerprint density at radius 2 is 1.74 bits per heavy atom. The van der Waals surface area contributed by atoms with Gasteiger partial charge in [-0.1, -0.05) is 42.5 Å². The maximum absolute atomic E-state index is 13.1. The summed E-state index contributed by atoms with van der Waals surface area (Å²) in [5.41, 5.74) is 3.13. The van der Waals surface area contributed by atoms with Crippen LogP contribution in [-0.4, -0.2) is 75.6 Å². The number of para-hydroxylation sites is 1. The summed E-state index contributed by atoms with van der Waals surface area (Å²) < 4.78 is 0. The zero-order chi connectivity index (χ0) is 28.3. The highest BCUT2D eigenvalue weighted by Crippen LogP contribution is 2.61. The number of hydrogen-bond acceptors (Lipinski definition) is 6. The molecule has 8 rings (SSSR count). The van der Waals surface area contributed by atoms with Crippen molar-refractivity contribution in [1.82, 2.24) is 14.9 Å². The van der Waals surface area contributed by atoms with Crippen LogP contribution < -0.4 is 10.6 Å². The van der Waals surface area contributed by atoms with Crippen LogP contribution in [0.2, 0.25) is 0 Å². The minimum Gasteiger partial charge on any atom is -0.384 e. The lowest BCUT2D eigenvalue weighted by Crippen LogP contribution is -2.66. The maximum Gasteiger partial charge on any atom is 0.0998 e. The standard InChI is InChI=1S/C36H46N4O2/c41-36-18-10-4-1-2-5-11-19-38-21-17-30(35(25-38)23-26-13-7-3-6-12-20-39(26)34(35)36)29(24-36)33-32-28(16-22-40(33)42)27-14-8-9-15-31(27)37-32/h1,4,7-9,13-15,24,26,30,34,41-42H,2-3,5-6,10-12,16-23,25H2/b4-1-,13-7-/t26-,30-,34+,35-,36-/m0/s1. The lowest BCUT2D eigenvalue weighted by molar-refractivity contribution is -0.102. The van der Waals surface area contributed by atoms with E-state index in [1.54, 1.807) is 0 Å². The van der Waals surface area contributed by atoms with E-state index in [4.69, 9.17) is 4.99 Å². The molecular formula is C36H46N4O2. The molecule has 0 saturated carbocycles. The van der Waals surface area contributed by atoms with E-state index in [0.29, 0.717) is 19.0 Å². The van der Waals surface area contributed by atoms with E-state index in [-0.39, 0.29) is 17.4 Å². The van der Waals surface area contributed by atoms with E-state index < -0.39 is 5.60 Å². The van der Waals surface area contributed by atoms with Crippen LogP contribution >= 0.6 is 0 Å². The van der Waals surface area contributed by atoms with Crippen molar-refractivity contribution < 1.29 is 10.3 Å². The fourth-order valence-corrected chi connectivity index (χ4v) is 9.92. The predicted octanol–water partition coefficient (Wildman–Crippen LogP) is 4.46. The van der Waals surface area contributed by atoms with Gasteiger partial charge in [-0.3, -0.25) is 15.2 Å². The van der Waals surface area contributed by atoms with Crippen molar-refractivity contribution in [3.63, 3.8) is 0 Å². The lowest BCUT2D eigenvalue weighted by atomic mass is 9.54. The van der Waals surface area contributed by atoms with Crippen LogP contribution in [0.25, 0.3) is 5.57 Å². The van der Waals surface area contributed by atoms with Crippen molar-refractivity contribution in [2.45, 2.75) is 88.3 Å². The highest BCUT2D eigenvalue weighted by Gasteiger charge is 2.66. The Morgan fingerprint density at radius 1 is 0.905 bits per heavy atom. The summed E-state index contributed by atoms with van der Waals surface area (Å²) in [6.45, 7) is 4.85. The van der Waals surface area contributed by atoms with Crippen molar-refractivity contribution in [2.24, 2.45) is 16.3 Å². The summed E-state index contributed by atoms with van der Waals surface area (Å²) in [4.78, 5) is 10.6. The van der Waals surface area contributed by atoms with Gasteiger partial charge in [-0.25, -0.2) is 4.99 Å². The molecule has 0 amide bonds. The van der Waals surface area contributed by atoms with Crippen molar-refractivity contribution >= 4 is 5.57 Å². The van der Waals surface area contributed by atoms with E-state index in [0.717, 1.165) is 87.0 Å². The molecule has 0 radical (unpaired) electrons.